The van der Waals surface area contributed by atoms with Gasteiger partial charge in [0.05, 0.1) is 18.3 Å². The van der Waals surface area contributed by atoms with Crippen LogP contribution in [0.5, 0.6) is 0 Å². The molecule has 2 heterocycles. The van der Waals surface area contributed by atoms with Gasteiger partial charge in [0.1, 0.15) is 17.9 Å². The van der Waals surface area contributed by atoms with Crippen LogP contribution in [0.3, 0.4) is 0 Å². The quantitative estimate of drug-likeness (QED) is 0.697. The molecule has 2 aromatic heterocycles. The average Bonchev–Trinajstić information content (AvgIpc) is 2.81. The molecule has 96 valence electrons. The highest BCUT2D eigenvalue weighted by Gasteiger charge is 2.05. The van der Waals surface area contributed by atoms with E-state index in [1.54, 1.807) is 6.20 Å². The fourth-order valence-electron chi connectivity index (χ4n) is 1.86. The van der Waals surface area contributed by atoms with Gasteiger partial charge in [0.2, 0.25) is 5.89 Å². The summed E-state index contributed by atoms with van der Waals surface area (Å²) in [6.07, 6.45) is 3.20. The molecule has 0 spiro atoms. The molecule has 0 bridgehead atoms. The topological polar surface area (TPSA) is 89.9 Å². The zero-order valence-electron chi connectivity index (χ0n) is 10.4. The molecule has 0 aliphatic heterocycles. The molecule has 0 saturated carbocycles. The first-order chi connectivity index (χ1) is 9.22. The minimum absolute atomic E-state index is 0.477. The Morgan fingerprint density at radius 3 is 2.95 bits per heavy atom. The molecule has 6 heteroatoms. The molecule has 3 aromatic rings. The predicted molar refractivity (Wildman–Crippen MR) is 72.5 cm³/mol. The minimum atomic E-state index is 0.477. The van der Waals surface area contributed by atoms with Crippen molar-refractivity contribution in [2.45, 2.75) is 13.5 Å². The number of benzene rings is 1. The summed E-state index contributed by atoms with van der Waals surface area (Å²) in [6.45, 7) is 2.34. The maximum absolute atomic E-state index is 5.74. The second-order valence-electron chi connectivity index (χ2n) is 4.22. The average molecular weight is 255 g/mol. The van der Waals surface area contributed by atoms with Crippen molar-refractivity contribution in [1.82, 2.24) is 15.0 Å². The summed E-state index contributed by atoms with van der Waals surface area (Å²) in [4.78, 5) is 12.6. The zero-order chi connectivity index (χ0) is 13.2. The van der Waals surface area contributed by atoms with Gasteiger partial charge in [-0.15, -0.1) is 0 Å². The summed E-state index contributed by atoms with van der Waals surface area (Å²) < 4.78 is 5.40. The van der Waals surface area contributed by atoms with Crippen LogP contribution >= 0.6 is 0 Å². The molecular weight excluding hydrogens is 242 g/mol. The number of nitrogen functional groups attached to an aromatic ring is 1. The molecule has 1 aromatic carbocycles. The molecule has 0 aliphatic carbocycles. The molecule has 3 N–H and O–H groups in total. The number of fused-ring (bicyclic) bond motifs is 1. The molecule has 0 radical (unpaired) electrons. The fraction of sp³-hybridized carbons (Fsp3) is 0.154. The summed E-state index contributed by atoms with van der Waals surface area (Å²) in [7, 11) is 0. The van der Waals surface area contributed by atoms with Gasteiger partial charge in [0.25, 0.3) is 0 Å². The van der Waals surface area contributed by atoms with E-state index in [2.05, 4.69) is 20.3 Å². The lowest BCUT2D eigenvalue weighted by Gasteiger charge is -2.06. The third-order valence-electron chi connectivity index (χ3n) is 2.74. The predicted octanol–water partition coefficient (Wildman–Crippen LogP) is 2.12. The van der Waals surface area contributed by atoms with Crippen LogP contribution in [0.1, 0.15) is 11.7 Å². The number of hydrogen-bond acceptors (Lipinski definition) is 6. The highest BCUT2D eigenvalue weighted by atomic mass is 16.4. The number of aromatic nitrogens is 3. The third-order valence-corrected chi connectivity index (χ3v) is 2.74. The van der Waals surface area contributed by atoms with E-state index < -0.39 is 0 Å². The SMILES string of the molecule is Cc1cnc(CNc2ncnc3cc(N)ccc23)o1. The van der Waals surface area contributed by atoms with Gasteiger partial charge in [0.15, 0.2) is 0 Å². The van der Waals surface area contributed by atoms with Crippen molar-refractivity contribution in [1.29, 1.82) is 0 Å². The van der Waals surface area contributed by atoms with E-state index in [1.165, 1.54) is 6.33 Å². The van der Waals surface area contributed by atoms with E-state index in [0.29, 0.717) is 18.1 Å². The molecule has 6 nitrogen and oxygen atoms in total. The number of rotatable bonds is 3. The van der Waals surface area contributed by atoms with Crippen molar-refractivity contribution in [2.24, 2.45) is 0 Å². The minimum Gasteiger partial charge on any atom is -0.444 e. The van der Waals surface area contributed by atoms with E-state index in [4.69, 9.17) is 10.2 Å². The number of nitrogens with two attached hydrogens (primary N) is 1. The van der Waals surface area contributed by atoms with Gasteiger partial charge < -0.3 is 15.5 Å². The Morgan fingerprint density at radius 1 is 1.26 bits per heavy atom. The number of aryl methyl sites for hydroxylation is 1. The number of nitrogens with one attached hydrogen (secondary N) is 1. The van der Waals surface area contributed by atoms with Crippen molar-refractivity contribution >= 4 is 22.4 Å². The molecule has 0 unspecified atom stereocenters. The Balaban J connectivity index is 1.88. The standard InChI is InChI=1S/C13H13N5O/c1-8-5-15-12(19-8)6-16-13-10-3-2-9(14)4-11(10)17-7-18-13/h2-5,7H,6,14H2,1H3,(H,16,17,18). The summed E-state index contributed by atoms with van der Waals surface area (Å²) >= 11 is 0. The molecule has 0 aliphatic rings. The van der Waals surface area contributed by atoms with Crippen LogP contribution in [0.2, 0.25) is 0 Å². The van der Waals surface area contributed by atoms with Gasteiger partial charge in [-0.25, -0.2) is 15.0 Å². The summed E-state index contributed by atoms with van der Waals surface area (Å²) in [5, 5.41) is 4.11. The van der Waals surface area contributed by atoms with Crippen molar-refractivity contribution in [3.63, 3.8) is 0 Å². The van der Waals surface area contributed by atoms with Crippen LogP contribution in [0.15, 0.2) is 35.1 Å². The van der Waals surface area contributed by atoms with Crippen LogP contribution in [0, 0.1) is 6.92 Å². The lowest BCUT2D eigenvalue weighted by molar-refractivity contribution is 0.479. The van der Waals surface area contributed by atoms with Crippen molar-refractivity contribution in [2.75, 3.05) is 11.1 Å². The normalized spacial score (nSPS) is 10.8. The summed E-state index contributed by atoms with van der Waals surface area (Å²) in [5.74, 6) is 2.15. The van der Waals surface area contributed by atoms with E-state index >= 15 is 0 Å². The number of anilines is 2. The summed E-state index contributed by atoms with van der Waals surface area (Å²) in [5.41, 5.74) is 7.22. The van der Waals surface area contributed by atoms with Gasteiger partial charge in [0, 0.05) is 11.1 Å². The number of hydrogen-bond donors (Lipinski definition) is 2. The van der Waals surface area contributed by atoms with Gasteiger partial charge >= 0.3 is 0 Å². The van der Waals surface area contributed by atoms with Crippen LogP contribution in [-0.4, -0.2) is 15.0 Å². The second-order valence-corrected chi connectivity index (χ2v) is 4.22. The first-order valence-electron chi connectivity index (χ1n) is 5.88. The summed E-state index contributed by atoms with van der Waals surface area (Å²) in [6, 6.07) is 5.54. The molecule has 0 fully saturated rings. The van der Waals surface area contributed by atoms with Gasteiger partial charge in [-0.05, 0) is 25.1 Å². The van der Waals surface area contributed by atoms with Crippen molar-refractivity contribution in [3.8, 4) is 0 Å². The van der Waals surface area contributed by atoms with Crippen LogP contribution < -0.4 is 11.1 Å². The van der Waals surface area contributed by atoms with Crippen LogP contribution in [-0.2, 0) is 6.54 Å². The first kappa shape index (κ1) is 11.5. The molecule has 0 amide bonds. The van der Waals surface area contributed by atoms with Gasteiger partial charge in [-0.2, -0.15) is 0 Å². The first-order valence-corrected chi connectivity index (χ1v) is 5.88. The Hall–Kier alpha value is -2.63. The lowest BCUT2D eigenvalue weighted by Crippen LogP contribution is -2.03. The maximum Gasteiger partial charge on any atom is 0.213 e. The Morgan fingerprint density at radius 2 is 2.16 bits per heavy atom. The molecule has 0 atom stereocenters. The lowest BCUT2D eigenvalue weighted by atomic mass is 10.2. The van der Waals surface area contributed by atoms with E-state index in [1.807, 2.05) is 25.1 Å². The van der Waals surface area contributed by atoms with Gasteiger partial charge in [-0.1, -0.05) is 0 Å². The van der Waals surface area contributed by atoms with E-state index in [0.717, 1.165) is 22.5 Å². The van der Waals surface area contributed by atoms with E-state index in [9.17, 15) is 0 Å². The number of oxazole rings is 1. The molecule has 19 heavy (non-hydrogen) atoms. The van der Waals surface area contributed by atoms with Crippen LogP contribution in [0.4, 0.5) is 11.5 Å². The number of nitrogens with zero attached hydrogens (tertiary/aromatic N) is 3. The monoisotopic (exact) mass is 255 g/mol. The Kier molecular flexibility index (Phi) is 2.75. The van der Waals surface area contributed by atoms with Crippen molar-refractivity contribution in [3.05, 3.63) is 42.4 Å². The zero-order valence-corrected chi connectivity index (χ0v) is 10.4. The molecule has 0 saturated heterocycles. The molecular formula is C13H13N5O. The molecule has 3 rings (SSSR count). The van der Waals surface area contributed by atoms with Gasteiger partial charge in [-0.3, -0.25) is 0 Å². The highest BCUT2D eigenvalue weighted by molar-refractivity contribution is 5.90. The van der Waals surface area contributed by atoms with Crippen molar-refractivity contribution < 1.29 is 4.42 Å². The Labute approximate surface area is 109 Å². The fourth-order valence-corrected chi connectivity index (χ4v) is 1.86. The Bertz CT molecular complexity index is 722. The van der Waals surface area contributed by atoms with Crippen LogP contribution in [0.25, 0.3) is 10.9 Å². The third kappa shape index (κ3) is 2.33. The largest absolute Gasteiger partial charge is 0.444 e. The second kappa shape index (κ2) is 4.56. The highest BCUT2D eigenvalue weighted by Crippen LogP contribution is 2.21. The maximum atomic E-state index is 5.74. The van der Waals surface area contributed by atoms with E-state index in [-0.39, 0.29) is 0 Å². The smallest absolute Gasteiger partial charge is 0.213 e.